The molecule has 104 valence electrons. The van der Waals surface area contributed by atoms with Gasteiger partial charge in [0.25, 0.3) is 0 Å². The Bertz CT molecular complexity index is 623. The molecule has 2 rings (SSSR count). The van der Waals surface area contributed by atoms with E-state index in [1.807, 2.05) is 49.7 Å². The number of hydrazone groups is 1. The van der Waals surface area contributed by atoms with E-state index >= 15 is 0 Å². The first-order chi connectivity index (χ1) is 9.56. The molecule has 0 saturated carbocycles. The van der Waals surface area contributed by atoms with Gasteiger partial charge in [-0.25, -0.2) is 5.01 Å². The van der Waals surface area contributed by atoms with E-state index in [2.05, 4.69) is 26.3 Å². The molecule has 0 amide bonds. The largest absolute Gasteiger partial charge is 0.331 e. The summed E-state index contributed by atoms with van der Waals surface area (Å²) >= 11 is 10.4. The van der Waals surface area contributed by atoms with Crippen LogP contribution in [0.1, 0.15) is 10.4 Å². The number of aryl methyl sites for hydroxylation is 1. The summed E-state index contributed by atoms with van der Waals surface area (Å²) in [5.41, 5.74) is 2.11. The summed E-state index contributed by atoms with van der Waals surface area (Å²) in [7, 11) is 1.83. The highest BCUT2D eigenvalue weighted by Crippen LogP contribution is 2.20. The Morgan fingerprint density at radius 3 is 2.90 bits per heavy atom. The van der Waals surface area contributed by atoms with Gasteiger partial charge in [0.2, 0.25) is 0 Å². The molecule has 0 aliphatic carbocycles. The van der Waals surface area contributed by atoms with Gasteiger partial charge in [-0.2, -0.15) is 5.10 Å². The van der Waals surface area contributed by atoms with Gasteiger partial charge in [0.15, 0.2) is 5.11 Å². The minimum Gasteiger partial charge on any atom is -0.331 e. The molecule has 0 atom stereocenters. The van der Waals surface area contributed by atoms with Crippen molar-refractivity contribution in [3.8, 4) is 0 Å². The van der Waals surface area contributed by atoms with Gasteiger partial charge in [-0.1, -0.05) is 22.0 Å². The molecule has 2 aromatic rings. The van der Waals surface area contributed by atoms with Crippen LogP contribution in [0, 0.1) is 6.92 Å². The lowest BCUT2D eigenvalue weighted by Gasteiger charge is -2.17. The van der Waals surface area contributed by atoms with Crippen LogP contribution in [0.2, 0.25) is 0 Å². The van der Waals surface area contributed by atoms with Gasteiger partial charge in [-0.15, -0.1) is 11.3 Å². The first-order valence-corrected chi connectivity index (χ1v) is 8.02. The van der Waals surface area contributed by atoms with Crippen molar-refractivity contribution in [1.82, 2.24) is 5.01 Å². The predicted octanol–water partition coefficient (Wildman–Crippen LogP) is 4.48. The second kappa shape index (κ2) is 6.97. The number of nitrogens with one attached hydrogen (secondary N) is 1. The Labute approximate surface area is 136 Å². The Morgan fingerprint density at radius 1 is 1.45 bits per heavy atom. The second-order valence-corrected chi connectivity index (χ2v) is 6.45. The summed E-state index contributed by atoms with van der Waals surface area (Å²) < 4.78 is 1.05. The zero-order valence-electron chi connectivity index (χ0n) is 11.1. The highest BCUT2D eigenvalue weighted by atomic mass is 79.9. The molecule has 20 heavy (non-hydrogen) atoms. The van der Waals surface area contributed by atoms with Crippen LogP contribution in [0.4, 0.5) is 5.69 Å². The molecule has 0 unspecified atom stereocenters. The van der Waals surface area contributed by atoms with Crippen LogP contribution in [0.5, 0.6) is 0 Å². The molecule has 1 aromatic carbocycles. The molecule has 1 aromatic heterocycles. The molecule has 0 spiro atoms. The van der Waals surface area contributed by atoms with Crippen LogP contribution < -0.4 is 5.32 Å². The van der Waals surface area contributed by atoms with Crippen LogP contribution in [-0.4, -0.2) is 23.4 Å². The average Bonchev–Trinajstić information content (AvgIpc) is 2.92. The lowest BCUT2D eigenvalue weighted by atomic mass is 10.2. The number of anilines is 1. The monoisotopic (exact) mass is 367 g/mol. The second-order valence-electron chi connectivity index (χ2n) is 4.17. The van der Waals surface area contributed by atoms with Crippen LogP contribution in [-0.2, 0) is 0 Å². The maximum Gasteiger partial charge on any atom is 0.193 e. The van der Waals surface area contributed by atoms with Crippen molar-refractivity contribution in [3.05, 3.63) is 50.6 Å². The van der Waals surface area contributed by atoms with E-state index in [1.54, 1.807) is 22.6 Å². The summed E-state index contributed by atoms with van der Waals surface area (Å²) in [4.78, 5) is 1.10. The number of thiophene rings is 1. The number of nitrogens with zero attached hydrogens (tertiary/aromatic N) is 2. The lowest BCUT2D eigenvalue weighted by molar-refractivity contribution is 0.557. The number of benzene rings is 1. The molecule has 0 fully saturated rings. The van der Waals surface area contributed by atoms with E-state index in [1.165, 1.54) is 0 Å². The van der Waals surface area contributed by atoms with Crippen molar-refractivity contribution in [2.75, 3.05) is 12.4 Å². The fraction of sp³-hybridized carbons (Fsp3) is 0.143. The average molecular weight is 368 g/mol. The van der Waals surface area contributed by atoms with Gasteiger partial charge < -0.3 is 5.32 Å². The van der Waals surface area contributed by atoms with Gasteiger partial charge in [-0.05, 0) is 54.4 Å². The fourth-order valence-electron chi connectivity index (χ4n) is 1.52. The maximum absolute atomic E-state index is 5.34. The number of rotatable bonds is 3. The van der Waals surface area contributed by atoms with Crippen LogP contribution in [0.25, 0.3) is 0 Å². The molecule has 0 aliphatic rings. The van der Waals surface area contributed by atoms with Crippen LogP contribution in [0.15, 0.2) is 45.3 Å². The summed E-state index contributed by atoms with van der Waals surface area (Å²) in [5.74, 6) is 0. The van der Waals surface area contributed by atoms with Gasteiger partial charge in [0, 0.05) is 22.1 Å². The Morgan fingerprint density at radius 2 is 2.25 bits per heavy atom. The van der Waals surface area contributed by atoms with Crippen molar-refractivity contribution in [2.24, 2.45) is 5.10 Å². The van der Waals surface area contributed by atoms with Gasteiger partial charge >= 0.3 is 0 Å². The molecule has 0 aliphatic heterocycles. The number of hydrogen-bond donors (Lipinski definition) is 1. The molecular formula is C14H14BrN3S2. The number of halogens is 1. The first-order valence-electron chi connectivity index (χ1n) is 5.94. The molecule has 0 saturated heterocycles. The van der Waals surface area contributed by atoms with E-state index in [9.17, 15) is 0 Å². The van der Waals surface area contributed by atoms with E-state index in [0.29, 0.717) is 5.11 Å². The van der Waals surface area contributed by atoms with E-state index < -0.39 is 0 Å². The zero-order chi connectivity index (χ0) is 14.5. The van der Waals surface area contributed by atoms with Crippen molar-refractivity contribution in [1.29, 1.82) is 0 Å². The first kappa shape index (κ1) is 15.2. The highest BCUT2D eigenvalue weighted by Gasteiger charge is 2.05. The quantitative estimate of drug-likeness (QED) is 0.492. The molecule has 3 nitrogen and oxygen atoms in total. The number of thiocarbonyl (C=S) groups is 1. The molecule has 6 heteroatoms. The van der Waals surface area contributed by atoms with Crippen molar-refractivity contribution < 1.29 is 0 Å². The highest BCUT2D eigenvalue weighted by molar-refractivity contribution is 9.10. The fourth-order valence-corrected chi connectivity index (χ4v) is 2.74. The predicted molar refractivity (Wildman–Crippen MR) is 94.8 cm³/mol. The van der Waals surface area contributed by atoms with Crippen molar-refractivity contribution in [2.45, 2.75) is 6.92 Å². The summed E-state index contributed by atoms with van der Waals surface area (Å²) in [6.07, 6.45) is 1.80. The third kappa shape index (κ3) is 4.13. The van der Waals surface area contributed by atoms with Gasteiger partial charge in [0.05, 0.1) is 6.21 Å². The van der Waals surface area contributed by atoms with Crippen LogP contribution >= 0.6 is 39.5 Å². The summed E-state index contributed by atoms with van der Waals surface area (Å²) in [6.45, 7) is 2.03. The third-order valence-corrected chi connectivity index (χ3v) is 4.29. The smallest absolute Gasteiger partial charge is 0.193 e. The van der Waals surface area contributed by atoms with Gasteiger partial charge in [0.1, 0.15) is 0 Å². The zero-order valence-corrected chi connectivity index (χ0v) is 14.3. The molecule has 1 heterocycles. The normalized spacial score (nSPS) is 10.8. The van der Waals surface area contributed by atoms with Crippen molar-refractivity contribution >= 4 is 56.5 Å². The SMILES string of the molecule is Cc1cc(Br)ccc1NC(=S)N(C)/N=C/c1cccs1. The standard InChI is InChI=1S/C14H14BrN3S2/c1-10-8-11(15)5-6-13(10)17-14(19)18(2)16-9-12-4-3-7-20-12/h3-9H,1-2H3,(H,17,19)/b16-9+. The molecule has 0 radical (unpaired) electrons. The minimum absolute atomic E-state index is 0.559. The summed E-state index contributed by atoms with van der Waals surface area (Å²) in [5, 5.41) is 11.7. The third-order valence-electron chi connectivity index (χ3n) is 2.63. The van der Waals surface area contributed by atoms with E-state index in [0.717, 1.165) is 20.6 Å². The maximum atomic E-state index is 5.34. The number of hydrogen-bond acceptors (Lipinski definition) is 3. The van der Waals surface area contributed by atoms with Crippen molar-refractivity contribution in [3.63, 3.8) is 0 Å². The van der Waals surface area contributed by atoms with Gasteiger partial charge in [-0.3, -0.25) is 0 Å². The van der Waals surface area contributed by atoms with Crippen LogP contribution in [0.3, 0.4) is 0 Å². The Balaban J connectivity index is 2.00. The topological polar surface area (TPSA) is 27.6 Å². The molecule has 0 bridgehead atoms. The Kier molecular flexibility index (Phi) is 5.28. The minimum atomic E-state index is 0.559. The lowest BCUT2D eigenvalue weighted by Crippen LogP contribution is -2.27. The van der Waals surface area contributed by atoms with E-state index in [4.69, 9.17) is 12.2 Å². The van der Waals surface area contributed by atoms with E-state index in [-0.39, 0.29) is 0 Å². The summed E-state index contributed by atoms with van der Waals surface area (Å²) in [6, 6.07) is 10.0. The molecular weight excluding hydrogens is 354 g/mol. The Hall–Kier alpha value is -1.24. The molecule has 1 N–H and O–H groups in total.